The fraction of sp³-hybridized carbons (Fsp3) is 0.667. The van der Waals surface area contributed by atoms with Crippen LogP contribution in [-0.4, -0.2) is 24.0 Å². The molecule has 1 aromatic carbocycles. The van der Waals surface area contributed by atoms with E-state index in [0.717, 1.165) is 13.0 Å². The molecule has 2 nitrogen and oxygen atoms in total. The van der Waals surface area contributed by atoms with Crippen LogP contribution in [0.1, 0.15) is 63.6 Å². The topological polar surface area (TPSA) is 29.3 Å². The molecular formula is C18H32N2. The van der Waals surface area contributed by atoms with Crippen LogP contribution in [0.3, 0.4) is 0 Å². The van der Waals surface area contributed by atoms with E-state index >= 15 is 0 Å². The lowest BCUT2D eigenvalue weighted by Crippen LogP contribution is -2.34. The zero-order valence-electron chi connectivity index (χ0n) is 13.7. The van der Waals surface area contributed by atoms with Crippen molar-refractivity contribution >= 4 is 0 Å². The van der Waals surface area contributed by atoms with Gasteiger partial charge in [-0.05, 0) is 51.3 Å². The van der Waals surface area contributed by atoms with Gasteiger partial charge in [-0.15, -0.1) is 0 Å². The van der Waals surface area contributed by atoms with Crippen molar-refractivity contribution in [3.05, 3.63) is 35.4 Å². The lowest BCUT2D eigenvalue weighted by Gasteiger charge is -2.28. The second-order valence-corrected chi connectivity index (χ2v) is 6.09. The molecule has 1 unspecified atom stereocenters. The summed E-state index contributed by atoms with van der Waals surface area (Å²) in [5.74, 6) is 0. The second-order valence-electron chi connectivity index (χ2n) is 6.09. The summed E-state index contributed by atoms with van der Waals surface area (Å²) >= 11 is 0. The maximum atomic E-state index is 6.37. The fourth-order valence-electron chi connectivity index (χ4n) is 2.66. The molecule has 1 atom stereocenters. The molecule has 114 valence electrons. The lowest BCUT2D eigenvalue weighted by atomic mass is 9.99. The summed E-state index contributed by atoms with van der Waals surface area (Å²) in [7, 11) is 0. The Hall–Kier alpha value is -0.860. The minimum Gasteiger partial charge on any atom is -0.324 e. The summed E-state index contributed by atoms with van der Waals surface area (Å²) in [6.45, 7) is 11.3. The summed E-state index contributed by atoms with van der Waals surface area (Å²) in [5.41, 5.74) is 8.98. The maximum absolute atomic E-state index is 6.37. The SMILES string of the molecule is CCCCCN(CCC(N)c1ccccc1C)C(C)C. The van der Waals surface area contributed by atoms with Crippen LogP contribution in [0, 0.1) is 6.92 Å². The third-order valence-electron chi connectivity index (χ3n) is 4.09. The molecule has 0 bridgehead atoms. The van der Waals surface area contributed by atoms with Gasteiger partial charge >= 0.3 is 0 Å². The molecule has 0 aliphatic rings. The zero-order valence-corrected chi connectivity index (χ0v) is 13.7. The van der Waals surface area contributed by atoms with E-state index in [-0.39, 0.29) is 6.04 Å². The normalized spacial score (nSPS) is 13.2. The van der Waals surface area contributed by atoms with Crippen molar-refractivity contribution in [2.45, 2.75) is 65.5 Å². The van der Waals surface area contributed by atoms with Crippen molar-refractivity contribution in [3.8, 4) is 0 Å². The Morgan fingerprint density at radius 3 is 2.40 bits per heavy atom. The van der Waals surface area contributed by atoms with Gasteiger partial charge in [0.1, 0.15) is 0 Å². The first kappa shape index (κ1) is 17.2. The van der Waals surface area contributed by atoms with Crippen molar-refractivity contribution in [1.82, 2.24) is 4.90 Å². The molecule has 0 aliphatic carbocycles. The average molecular weight is 276 g/mol. The van der Waals surface area contributed by atoms with Gasteiger partial charge in [0.15, 0.2) is 0 Å². The molecule has 0 aromatic heterocycles. The summed E-state index contributed by atoms with van der Waals surface area (Å²) in [6.07, 6.45) is 4.95. The van der Waals surface area contributed by atoms with Gasteiger partial charge in [-0.2, -0.15) is 0 Å². The Kier molecular flexibility index (Phi) is 7.86. The number of nitrogens with zero attached hydrogens (tertiary/aromatic N) is 1. The van der Waals surface area contributed by atoms with E-state index < -0.39 is 0 Å². The Morgan fingerprint density at radius 1 is 1.10 bits per heavy atom. The molecule has 2 heteroatoms. The van der Waals surface area contributed by atoms with Gasteiger partial charge in [0.2, 0.25) is 0 Å². The quantitative estimate of drug-likeness (QED) is 0.682. The van der Waals surface area contributed by atoms with Crippen LogP contribution in [0.5, 0.6) is 0 Å². The fourth-order valence-corrected chi connectivity index (χ4v) is 2.66. The van der Waals surface area contributed by atoms with Gasteiger partial charge in [-0.3, -0.25) is 0 Å². The Morgan fingerprint density at radius 2 is 1.80 bits per heavy atom. The van der Waals surface area contributed by atoms with Gasteiger partial charge in [0.25, 0.3) is 0 Å². The zero-order chi connectivity index (χ0) is 15.0. The highest BCUT2D eigenvalue weighted by atomic mass is 15.1. The molecule has 1 aromatic rings. The third kappa shape index (κ3) is 5.64. The number of unbranched alkanes of at least 4 members (excludes halogenated alkanes) is 2. The minimum absolute atomic E-state index is 0.156. The third-order valence-corrected chi connectivity index (χ3v) is 4.09. The molecule has 0 amide bonds. The predicted octanol–water partition coefficient (Wildman–Crippen LogP) is 4.29. The van der Waals surface area contributed by atoms with Gasteiger partial charge in [-0.25, -0.2) is 0 Å². The van der Waals surface area contributed by atoms with E-state index in [9.17, 15) is 0 Å². The first-order valence-corrected chi connectivity index (χ1v) is 8.11. The highest BCUT2D eigenvalue weighted by Crippen LogP contribution is 2.19. The molecule has 1 rings (SSSR count). The predicted molar refractivity (Wildman–Crippen MR) is 89.0 cm³/mol. The van der Waals surface area contributed by atoms with Crippen LogP contribution >= 0.6 is 0 Å². The summed E-state index contributed by atoms with van der Waals surface area (Å²) < 4.78 is 0. The maximum Gasteiger partial charge on any atom is 0.0309 e. The number of hydrogen-bond donors (Lipinski definition) is 1. The number of aryl methyl sites for hydroxylation is 1. The molecule has 0 radical (unpaired) electrons. The number of rotatable bonds is 9. The van der Waals surface area contributed by atoms with Crippen LogP contribution in [0.4, 0.5) is 0 Å². The summed E-state index contributed by atoms with van der Waals surface area (Å²) in [4.78, 5) is 2.56. The van der Waals surface area contributed by atoms with Crippen LogP contribution in [0.2, 0.25) is 0 Å². The molecule has 0 spiro atoms. The lowest BCUT2D eigenvalue weighted by molar-refractivity contribution is 0.209. The minimum atomic E-state index is 0.156. The van der Waals surface area contributed by atoms with Crippen molar-refractivity contribution in [3.63, 3.8) is 0 Å². The van der Waals surface area contributed by atoms with Crippen LogP contribution < -0.4 is 5.73 Å². The summed E-state index contributed by atoms with van der Waals surface area (Å²) in [6, 6.07) is 9.24. The van der Waals surface area contributed by atoms with E-state index in [1.807, 2.05) is 0 Å². The van der Waals surface area contributed by atoms with Crippen LogP contribution in [0.15, 0.2) is 24.3 Å². The van der Waals surface area contributed by atoms with Gasteiger partial charge in [0, 0.05) is 18.6 Å². The molecule has 20 heavy (non-hydrogen) atoms. The molecular weight excluding hydrogens is 244 g/mol. The van der Waals surface area contributed by atoms with Gasteiger partial charge < -0.3 is 10.6 Å². The number of benzene rings is 1. The Balaban J connectivity index is 2.48. The molecule has 0 saturated heterocycles. The highest BCUT2D eigenvalue weighted by Gasteiger charge is 2.13. The smallest absolute Gasteiger partial charge is 0.0309 e. The largest absolute Gasteiger partial charge is 0.324 e. The second kappa shape index (κ2) is 9.15. The molecule has 2 N–H and O–H groups in total. The van der Waals surface area contributed by atoms with E-state index in [1.54, 1.807) is 0 Å². The first-order valence-electron chi connectivity index (χ1n) is 8.11. The van der Waals surface area contributed by atoms with E-state index in [0.29, 0.717) is 6.04 Å². The van der Waals surface area contributed by atoms with Crippen molar-refractivity contribution in [2.24, 2.45) is 5.73 Å². The van der Waals surface area contributed by atoms with Crippen LogP contribution in [0.25, 0.3) is 0 Å². The Labute approximate surface area is 125 Å². The molecule has 0 aliphatic heterocycles. The highest BCUT2D eigenvalue weighted by molar-refractivity contribution is 5.28. The van der Waals surface area contributed by atoms with Crippen molar-refractivity contribution in [1.29, 1.82) is 0 Å². The van der Waals surface area contributed by atoms with E-state index in [1.165, 1.54) is 36.9 Å². The number of nitrogens with two attached hydrogens (primary N) is 1. The Bertz CT molecular complexity index is 373. The first-order chi connectivity index (χ1) is 9.56. The van der Waals surface area contributed by atoms with Crippen molar-refractivity contribution < 1.29 is 0 Å². The molecule has 0 saturated carbocycles. The van der Waals surface area contributed by atoms with Crippen molar-refractivity contribution in [2.75, 3.05) is 13.1 Å². The molecule has 0 heterocycles. The standard InChI is InChI=1S/C18H32N2/c1-5-6-9-13-20(15(2)3)14-12-18(19)17-11-8-7-10-16(17)4/h7-8,10-11,15,18H,5-6,9,12-14,19H2,1-4H3. The van der Waals surface area contributed by atoms with E-state index in [4.69, 9.17) is 5.73 Å². The number of hydrogen-bond acceptors (Lipinski definition) is 2. The average Bonchev–Trinajstić information content (AvgIpc) is 2.42. The van der Waals surface area contributed by atoms with E-state index in [2.05, 4.69) is 56.9 Å². The van der Waals surface area contributed by atoms with Gasteiger partial charge in [0.05, 0.1) is 0 Å². The molecule has 0 fully saturated rings. The van der Waals surface area contributed by atoms with Crippen LogP contribution in [-0.2, 0) is 0 Å². The summed E-state index contributed by atoms with van der Waals surface area (Å²) in [5, 5.41) is 0. The van der Waals surface area contributed by atoms with Gasteiger partial charge in [-0.1, -0.05) is 44.0 Å². The monoisotopic (exact) mass is 276 g/mol.